The summed E-state index contributed by atoms with van der Waals surface area (Å²) in [6.45, 7) is 1.16. The number of carbonyl (C=O) groups is 2. The number of amides is 2. The number of carboxylic acid groups (broad SMARTS) is 1. The van der Waals surface area contributed by atoms with Crippen LogP contribution in [0.4, 0.5) is 4.79 Å². The molecule has 15 heavy (non-hydrogen) atoms. The van der Waals surface area contributed by atoms with Crippen molar-refractivity contribution in [3.05, 3.63) is 0 Å². The second-order valence-electron chi connectivity index (χ2n) is 4.10. The molecule has 1 fully saturated rings. The first-order valence-corrected chi connectivity index (χ1v) is 5.35. The zero-order valence-corrected chi connectivity index (χ0v) is 8.82. The molecule has 0 radical (unpaired) electrons. The average Bonchev–Trinajstić information content (AvgIpc) is 2.93. The van der Waals surface area contributed by atoms with Crippen molar-refractivity contribution in [3.63, 3.8) is 0 Å². The first-order valence-electron chi connectivity index (χ1n) is 5.35. The highest BCUT2D eigenvalue weighted by atomic mass is 16.4. The maximum absolute atomic E-state index is 10.8. The number of nitrogens with zero attached hydrogens (tertiary/aromatic N) is 1. The van der Waals surface area contributed by atoms with Crippen molar-refractivity contribution in [2.75, 3.05) is 13.1 Å². The highest BCUT2D eigenvalue weighted by molar-refractivity contribution is 5.73. The lowest BCUT2D eigenvalue weighted by Crippen LogP contribution is -2.32. The molecule has 86 valence electrons. The summed E-state index contributed by atoms with van der Waals surface area (Å²) in [4.78, 5) is 22.7. The molecule has 0 aliphatic heterocycles. The summed E-state index contributed by atoms with van der Waals surface area (Å²) in [5, 5.41) is 8.89. The van der Waals surface area contributed by atoms with Crippen molar-refractivity contribution in [3.8, 4) is 0 Å². The maximum Gasteiger partial charge on any atom is 0.407 e. The van der Waals surface area contributed by atoms with Gasteiger partial charge in [-0.2, -0.15) is 0 Å². The molecular formula is C10H18N2O3. The Morgan fingerprint density at radius 3 is 2.47 bits per heavy atom. The summed E-state index contributed by atoms with van der Waals surface area (Å²) in [6, 6.07) is 0. The molecule has 0 heterocycles. The Balaban J connectivity index is 2.13. The third kappa shape index (κ3) is 5.24. The zero-order valence-electron chi connectivity index (χ0n) is 8.82. The van der Waals surface area contributed by atoms with Gasteiger partial charge in [0, 0.05) is 19.5 Å². The van der Waals surface area contributed by atoms with Gasteiger partial charge in [-0.05, 0) is 31.6 Å². The fourth-order valence-electron chi connectivity index (χ4n) is 1.48. The summed E-state index contributed by atoms with van der Waals surface area (Å²) >= 11 is 0. The highest BCUT2D eigenvalue weighted by Crippen LogP contribution is 2.29. The third-order valence-electron chi connectivity index (χ3n) is 2.55. The number of unbranched alkanes of at least 4 members (excludes halogenated alkanes) is 1. The van der Waals surface area contributed by atoms with Crippen LogP contribution in [0.15, 0.2) is 0 Å². The predicted octanol–water partition coefficient (Wildman–Crippen LogP) is 1.03. The van der Waals surface area contributed by atoms with E-state index in [0.29, 0.717) is 38.3 Å². The molecular weight excluding hydrogens is 196 g/mol. The summed E-state index contributed by atoms with van der Waals surface area (Å²) in [6.07, 6.45) is 3.15. The Morgan fingerprint density at radius 2 is 2.00 bits per heavy atom. The van der Waals surface area contributed by atoms with E-state index in [4.69, 9.17) is 10.8 Å². The van der Waals surface area contributed by atoms with E-state index in [1.54, 1.807) is 0 Å². The molecule has 5 nitrogen and oxygen atoms in total. The molecule has 0 bridgehead atoms. The molecule has 0 aromatic carbocycles. The van der Waals surface area contributed by atoms with Gasteiger partial charge in [0.05, 0.1) is 0 Å². The average molecular weight is 214 g/mol. The van der Waals surface area contributed by atoms with Crippen molar-refractivity contribution in [2.45, 2.75) is 32.1 Å². The van der Waals surface area contributed by atoms with Crippen LogP contribution in [-0.2, 0) is 4.79 Å². The van der Waals surface area contributed by atoms with Crippen LogP contribution < -0.4 is 5.73 Å². The minimum atomic E-state index is -0.860. The molecule has 1 rings (SSSR count). The standard InChI is InChI=1S/C10H18N2O3/c11-9(13)3-1-2-6-12(10(14)15)7-8-4-5-8/h8H,1-7H2,(H2,11,13)(H,14,15). The van der Waals surface area contributed by atoms with Crippen LogP contribution in [0.25, 0.3) is 0 Å². The van der Waals surface area contributed by atoms with E-state index in [-0.39, 0.29) is 5.91 Å². The summed E-state index contributed by atoms with van der Waals surface area (Å²) < 4.78 is 0. The molecule has 1 aliphatic carbocycles. The van der Waals surface area contributed by atoms with Crippen molar-refractivity contribution in [2.24, 2.45) is 11.7 Å². The Kier molecular flexibility index (Phi) is 4.39. The van der Waals surface area contributed by atoms with Crippen LogP contribution in [0.5, 0.6) is 0 Å². The quantitative estimate of drug-likeness (QED) is 0.621. The van der Waals surface area contributed by atoms with Gasteiger partial charge >= 0.3 is 6.09 Å². The Hall–Kier alpha value is -1.26. The molecule has 0 spiro atoms. The van der Waals surface area contributed by atoms with E-state index in [1.165, 1.54) is 4.90 Å². The maximum atomic E-state index is 10.8. The van der Waals surface area contributed by atoms with Crippen LogP contribution >= 0.6 is 0 Å². The van der Waals surface area contributed by atoms with E-state index in [9.17, 15) is 9.59 Å². The predicted molar refractivity (Wildman–Crippen MR) is 55.4 cm³/mol. The molecule has 0 aromatic heterocycles. The highest BCUT2D eigenvalue weighted by Gasteiger charge is 2.26. The lowest BCUT2D eigenvalue weighted by Gasteiger charge is -2.18. The molecule has 1 aliphatic rings. The summed E-state index contributed by atoms with van der Waals surface area (Å²) in [5.41, 5.74) is 4.99. The molecule has 3 N–H and O–H groups in total. The molecule has 0 aromatic rings. The summed E-state index contributed by atoms with van der Waals surface area (Å²) in [7, 11) is 0. The number of carbonyl (C=O) groups excluding carboxylic acids is 1. The molecule has 0 atom stereocenters. The minimum absolute atomic E-state index is 0.320. The Labute approximate surface area is 89.2 Å². The number of rotatable bonds is 7. The first kappa shape index (κ1) is 11.8. The van der Waals surface area contributed by atoms with Gasteiger partial charge in [-0.15, -0.1) is 0 Å². The van der Waals surface area contributed by atoms with Gasteiger partial charge < -0.3 is 15.7 Å². The van der Waals surface area contributed by atoms with E-state index >= 15 is 0 Å². The SMILES string of the molecule is NC(=O)CCCCN(CC1CC1)C(=O)O. The second kappa shape index (κ2) is 5.58. The minimum Gasteiger partial charge on any atom is -0.465 e. The first-order chi connectivity index (χ1) is 7.09. The normalized spacial score (nSPS) is 14.9. The Morgan fingerprint density at radius 1 is 1.33 bits per heavy atom. The number of hydrogen-bond donors (Lipinski definition) is 2. The lowest BCUT2D eigenvalue weighted by atomic mass is 10.2. The fourth-order valence-corrected chi connectivity index (χ4v) is 1.48. The van der Waals surface area contributed by atoms with Crippen LogP contribution in [0, 0.1) is 5.92 Å². The third-order valence-corrected chi connectivity index (χ3v) is 2.55. The van der Waals surface area contributed by atoms with Gasteiger partial charge in [-0.3, -0.25) is 4.79 Å². The van der Waals surface area contributed by atoms with E-state index in [0.717, 1.165) is 12.8 Å². The fraction of sp³-hybridized carbons (Fsp3) is 0.800. The topological polar surface area (TPSA) is 83.6 Å². The van der Waals surface area contributed by atoms with E-state index < -0.39 is 6.09 Å². The van der Waals surface area contributed by atoms with Crippen molar-refractivity contribution in [1.29, 1.82) is 0 Å². The van der Waals surface area contributed by atoms with Crippen LogP contribution in [0.1, 0.15) is 32.1 Å². The van der Waals surface area contributed by atoms with Crippen LogP contribution in [-0.4, -0.2) is 35.1 Å². The van der Waals surface area contributed by atoms with E-state index in [1.807, 2.05) is 0 Å². The molecule has 0 saturated heterocycles. The zero-order chi connectivity index (χ0) is 11.3. The van der Waals surface area contributed by atoms with Gasteiger partial charge in [0.25, 0.3) is 0 Å². The Bertz CT molecular complexity index is 239. The van der Waals surface area contributed by atoms with Crippen LogP contribution in [0.3, 0.4) is 0 Å². The van der Waals surface area contributed by atoms with Gasteiger partial charge in [-0.1, -0.05) is 0 Å². The lowest BCUT2D eigenvalue weighted by molar-refractivity contribution is -0.118. The van der Waals surface area contributed by atoms with Crippen molar-refractivity contribution < 1.29 is 14.7 Å². The monoisotopic (exact) mass is 214 g/mol. The summed E-state index contributed by atoms with van der Waals surface area (Å²) in [5.74, 6) is 0.247. The van der Waals surface area contributed by atoms with Gasteiger partial charge in [0.1, 0.15) is 0 Å². The van der Waals surface area contributed by atoms with Gasteiger partial charge in [0.2, 0.25) is 5.91 Å². The molecule has 5 heteroatoms. The van der Waals surface area contributed by atoms with Gasteiger partial charge in [-0.25, -0.2) is 4.79 Å². The smallest absolute Gasteiger partial charge is 0.407 e. The van der Waals surface area contributed by atoms with Crippen molar-refractivity contribution in [1.82, 2.24) is 4.90 Å². The number of nitrogens with two attached hydrogens (primary N) is 1. The molecule has 0 unspecified atom stereocenters. The van der Waals surface area contributed by atoms with Crippen LogP contribution in [0.2, 0.25) is 0 Å². The molecule has 1 saturated carbocycles. The number of hydrogen-bond acceptors (Lipinski definition) is 2. The number of primary amides is 1. The second-order valence-corrected chi connectivity index (χ2v) is 4.10. The van der Waals surface area contributed by atoms with Gasteiger partial charge in [0.15, 0.2) is 0 Å². The molecule has 2 amide bonds. The van der Waals surface area contributed by atoms with Crippen molar-refractivity contribution >= 4 is 12.0 Å². The van der Waals surface area contributed by atoms with E-state index in [2.05, 4.69) is 0 Å². The largest absolute Gasteiger partial charge is 0.465 e.